The summed E-state index contributed by atoms with van der Waals surface area (Å²) in [4.78, 5) is 24.1. The van der Waals surface area contributed by atoms with Gasteiger partial charge in [0.25, 0.3) is 0 Å². The number of hydrogen-bond donors (Lipinski definition) is 3. The number of rotatable bonds is 6. The summed E-state index contributed by atoms with van der Waals surface area (Å²) in [5.41, 5.74) is 2.86. The van der Waals surface area contributed by atoms with Gasteiger partial charge in [-0.3, -0.25) is 0 Å². The fourth-order valence-electron chi connectivity index (χ4n) is 4.76. The molecule has 2 aliphatic rings. The number of nitrogens with zero attached hydrogens (tertiary/aromatic N) is 3. The average Bonchev–Trinajstić information content (AvgIpc) is 2.80. The summed E-state index contributed by atoms with van der Waals surface area (Å²) < 4.78 is 0. The third kappa shape index (κ3) is 6.18. The lowest BCUT2D eigenvalue weighted by Gasteiger charge is -2.30. The van der Waals surface area contributed by atoms with Crippen LogP contribution in [0.2, 0.25) is 15.1 Å². The molecule has 1 aromatic carbocycles. The number of fused-ring (bicyclic) bond motifs is 1. The molecule has 4 rings (SSSR count). The van der Waals surface area contributed by atoms with Crippen molar-refractivity contribution in [2.24, 2.45) is 5.92 Å². The van der Waals surface area contributed by atoms with Crippen molar-refractivity contribution in [1.29, 1.82) is 0 Å². The highest BCUT2D eigenvalue weighted by molar-refractivity contribution is 6.42. The molecular weight excluding hydrogens is 495 g/mol. The monoisotopic (exact) mass is 524 g/mol. The Labute approximate surface area is 216 Å². The van der Waals surface area contributed by atoms with Crippen molar-refractivity contribution in [3.8, 4) is 0 Å². The second-order valence-corrected chi connectivity index (χ2v) is 10.6. The van der Waals surface area contributed by atoms with Crippen LogP contribution in [0, 0.1) is 5.92 Å². The van der Waals surface area contributed by atoms with Crippen LogP contribution in [0.25, 0.3) is 0 Å². The average molecular weight is 526 g/mol. The van der Waals surface area contributed by atoms with Crippen LogP contribution >= 0.6 is 34.8 Å². The van der Waals surface area contributed by atoms with Crippen LogP contribution in [0.4, 0.5) is 22.2 Å². The number of amides is 2. The van der Waals surface area contributed by atoms with Crippen molar-refractivity contribution >= 4 is 58.3 Å². The number of aryl methyl sites for hydroxylation is 1. The first-order chi connectivity index (χ1) is 16.3. The number of carbonyl (C=O) groups excluding carboxylic acids is 1. The second kappa shape index (κ2) is 11.2. The lowest BCUT2D eigenvalue weighted by Crippen LogP contribution is -2.36. The molecule has 0 spiro atoms. The zero-order valence-electron chi connectivity index (χ0n) is 19.6. The predicted molar refractivity (Wildman–Crippen MR) is 141 cm³/mol. The van der Waals surface area contributed by atoms with Crippen LogP contribution in [-0.4, -0.2) is 42.7 Å². The van der Waals surface area contributed by atoms with Gasteiger partial charge in [0.05, 0.1) is 21.4 Å². The minimum atomic E-state index is -0.329. The molecule has 1 heterocycles. The van der Waals surface area contributed by atoms with Crippen LogP contribution in [0.15, 0.2) is 12.1 Å². The lowest BCUT2D eigenvalue weighted by molar-refractivity contribution is 0.246. The predicted octanol–water partition coefficient (Wildman–Crippen LogP) is 6.17. The van der Waals surface area contributed by atoms with Gasteiger partial charge in [0.1, 0.15) is 5.82 Å². The first kappa shape index (κ1) is 25.1. The van der Waals surface area contributed by atoms with Crippen molar-refractivity contribution in [3.05, 3.63) is 38.5 Å². The molecule has 3 N–H and O–H groups in total. The standard InChI is InChI=1S/C24H31Cl3N6O/c1-33(2)22-17-5-3-4-6-20(17)30-23(32-22)29-16-9-7-14(8-10-16)13-28-24(34)31-21-18(26)11-15(25)12-19(21)27/h11-12,14,16H,3-10,13H2,1-2H3,(H2,28,31,34)(H,29,30,32). The SMILES string of the molecule is CN(C)c1nc(NC2CCC(CNC(=O)Nc3c(Cl)cc(Cl)cc3Cl)CC2)nc2c1CCCC2. The Morgan fingerprint density at radius 3 is 2.38 bits per heavy atom. The van der Waals surface area contributed by atoms with Gasteiger partial charge in [0.15, 0.2) is 0 Å². The van der Waals surface area contributed by atoms with Crippen LogP contribution in [0.3, 0.4) is 0 Å². The number of aromatic nitrogens is 2. The minimum absolute atomic E-state index is 0.307. The van der Waals surface area contributed by atoms with Crippen molar-refractivity contribution in [1.82, 2.24) is 15.3 Å². The third-order valence-corrected chi connectivity index (χ3v) is 7.38. The highest BCUT2D eigenvalue weighted by atomic mass is 35.5. The van der Waals surface area contributed by atoms with E-state index in [-0.39, 0.29) is 6.03 Å². The number of benzene rings is 1. The van der Waals surface area contributed by atoms with Gasteiger partial charge < -0.3 is 20.9 Å². The molecule has 7 nitrogen and oxygen atoms in total. The number of carbonyl (C=O) groups is 1. The molecule has 34 heavy (non-hydrogen) atoms. The summed E-state index contributed by atoms with van der Waals surface area (Å²) >= 11 is 18.2. The third-order valence-electron chi connectivity index (χ3n) is 6.56. The number of nitrogens with one attached hydrogen (secondary N) is 3. The van der Waals surface area contributed by atoms with Gasteiger partial charge in [-0.2, -0.15) is 4.98 Å². The molecule has 10 heteroatoms. The van der Waals surface area contributed by atoms with Crippen molar-refractivity contribution in [2.75, 3.05) is 36.2 Å². The van der Waals surface area contributed by atoms with Gasteiger partial charge >= 0.3 is 6.03 Å². The first-order valence-corrected chi connectivity index (χ1v) is 13.0. The molecule has 0 atom stereocenters. The molecule has 0 bridgehead atoms. The maximum Gasteiger partial charge on any atom is 0.319 e. The molecule has 2 amide bonds. The van der Waals surface area contributed by atoms with Crippen LogP contribution in [-0.2, 0) is 12.8 Å². The van der Waals surface area contributed by atoms with Crippen LogP contribution in [0.5, 0.6) is 0 Å². The maximum absolute atomic E-state index is 12.3. The summed E-state index contributed by atoms with van der Waals surface area (Å²) in [5.74, 6) is 2.20. The second-order valence-electron chi connectivity index (χ2n) is 9.34. The Bertz CT molecular complexity index is 1020. The van der Waals surface area contributed by atoms with E-state index >= 15 is 0 Å². The Kier molecular flexibility index (Phi) is 8.27. The summed E-state index contributed by atoms with van der Waals surface area (Å²) in [6.45, 7) is 0.599. The Morgan fingerprint density at radius 1 is 1.03 bits per heavy atom. The maximum atomic E-state index is 12.3. The van der Waals surface area contributed by atoms with E-state index in [0.29, 0.717) is 39.3 Å². The van der Waals surface area contributed by atoms with Crippen LogP contribution < -0.4 is 20.9 Å². The van der Waals surface area contributed by atoms with E-state index in [1.54, 1.807) is 12.1 Å². The van der Waals surface area contributed by atoms with Crippen molar-refractivity contribution < 1.29 is 4.79 Å². The fraction of sp³-hybridized carbons (Fsp3) is 0.542. The van der Waals surface area contributed by atoms with E-state index < -0.39 is 0 Å². The molecule has 2 aliphatic carbocycles. The molecule has 1 aromatic heterocycles. The van der Waals surface area contributed by atoms with E-state index in [1.807, 2.05) is 14.1 Å². The Balaban J connectivity index is 1.26. The molecular formula is C24H31Cl3N6O. The fourth-order valence-corrected chi connectivity index (χ4v) is 5.67. The molecule has 184 valence electrons. The topological polar surface area (TPSA) is 82.2 Å². The molecule has 0 aliphatic heterocycles. The van der Waals surface area contributed by atoms with Crippen LogP contribution in [0.1, 0.15) is 49.8 Å². The van der Waals surface area contributed by atoms with E-state index in [9.17, 15) is 4.79 Å². The first-order valence-electron chi connectivity index (χ1n) is 11.8. The number of urea groups is 1. The van der Waals surface area contributed by atoms with Gasteiger partial charge in [-0.05, 0) is 69.4 Å². The Morgan fingerprint density at radius 2 is 1.71 bits per heavy atom. The number of anilines is 3. The summed E-state index contributed by atoms with van der Waals surface area (Å²) in [5, 5.41) is 10.3. The largest absolute Gasteiger partial charge is 0.362 e. The zero-order chi connectivity index (χ0) is 24.2. The highest BCUT2D eigenvalue weighted by Gasteiger charge is 2.24. The zero-order valence-corrected chi connectivity index (χ0v) is 21.8. The van der Waals surface area contributed by atoms with E-state index in [2.05, 4.69) is 20.9 Å². The summed E-state index contributed by atoms with van der Waals surface area (Å²) in [6, 6.07) is 3.11. The normalized spacial score (nSPS) is 19.8. The minimum Gasteiger partial charge on any atom is -0.362 e. The lowest BCUT2D eigenvalue weighted by atomic mass is 9.86. The molecule has 0 saturated heterocycles. The van der Waals surface area contributed by atoms with Crippen molar-refractivity contribution in [3.63, 3.8) is 0 Å². The molecule has 0 radical (unpaired) electrons. The molecule has 2 aromatic rings. The van der Waals surface area contributed by atoms with Crippen molar-refractivity contribution in [2.45, 2.75) is 57.4 Å². The van der Waals surface area contributed by atoms with E-state index in [0.717, 1.165) is 50.3 Å². The molecule has 1 fully saturated rings. The van der Waals surface area contributed by atoms with Gasteiger partial charge in [0, 0.05) is 37.3 Å². The summed E-state index contributed by atoms with van der Waals surface area (Å²) in [6.07, 6.45) is 8.56. The summed E-state index contributed by atoms with van der Waals surface area (Å²) in [7, 11) is 4.09. The molecule has 1 saturated carbocycles. The quantitative estimate of drug-likeness (QED) is 0.420. The number of hydrogen-bond acceptors (Lipinski definition) is 5. The number of halogens is 3. The Hall–Kier alpha value is -1.96. The molecule has 0 unspecified atom stereocenters. The van der Waals surface area contributed by atoms with Gasteiger partial charge in [0.2, 0.25) is 5.95 Å². The van der Waals surface area contributed by atoms with Gasteiger partial charge in [-0.25, -0.2) is 9.78 Å². The van der Waals surface area contributed by atoms with E-state index in [1.165, 1.54) is 24.1 Å². The smallest absolute Gasteiger partial charge is 0.319 e. The van der Waals surface area contributed by atoms with E-state index in [4.69, 9.17) is 44.8 Å². The highest BCUT2D eigenvalue weighted by Crippen LogP contribution is 2.34. The van der Waals surface area contributed by atoms with Gasteiger partial charge in [-0.15, -0.1) is 0 Å². The van der Waals surface area contributed by atoms with Gasteiger partial charge in [-0.1, -0.05) is 34.8 Å².